The highest BCUT2D eigenvalue weighted by Gasteiger charge is 2.74. The highest BCUT2D eigenvalue weighted by Crippen LogP contribution is 2.53. The number of carbonyl (C=O) groups is 1. The maximum Gasteiger partial charge on any atom is 0.431 e. The second-order valence-electron chi connectivity index (χ2n) is 5.50. The molecular formula is C15H15F7O3. The van der Waals surface area contributed by atoms with E-state index in [-0.39, 0.29) is 11.3 Å². The Labute approximate surface area is 138 Å². The molecule has 0 aromatic heterocycles. The molecule has 1 unspecified atom stereocenters. The van der Waals surface area contributed by atoms with E-state index >= 15 is 0 Å². The number of methoxy groups -OCH3 is 1. The van der Waals surface area contributed by atoms with Crippen LogP contribution in [0.15, 0.2) is 24.3 Å². The van der Waals surface area contributed by atoms with Crippen molar-refractivity contribution >= 4 is 5.97 Å². The van der Waals surface area contributed by atoms with E-state index in [0.717, 1.165) is 33.1 Å². The molecule has 142 valence electrons. The van der Waals surface area contributed by atoms with E-state index in [1.807, 2.05) is 0 Å². The Balaban J connectivity index is 3.48. The van der Waals surface area contributed by atoms with Crippen molar-refractivity contribution in [3.8, 4) is 5.75 Å². The molecule has 1 rings (SSSR count). The van der Waals surface area contributed by atoms with E-state index in [9.17, 15) is 35.5 Å². The molecule has 0 radical (unpaired) electrons. The van der Waals surface area contributed by atoms with Gasteiger partial charge in [-0.05, 0) is 13.0 Å². The van der Waals surface area contributed by atoms with Crippen LogP contribution in [0.1, 0.15) is 25.8 Å². The largest absolute Gasteiger partial charge is 0.431 e. The molecule has 3 nitrogen and oxygen atoms in total. The lowest BCUT2D eigenvalue weighted by atomic mass is 9.82. The minimum atomic E-state index is -6.22. The number of hydrogen-bond donors (Lipinski definition) is 0. The summed E-state index contributed by atoms with van der Waals surface area (Å²) in [7, 11) is 0.831. The Morgan fingerprint density at radius 3 is 1.88 bits per heavy atom. The maximum absolute atomic E-state index is 14.1. The molecule has 0 amide bonds. The molecular weight excluding hydrogens is 361 g/mol. The monoisotopic (exact) mass is 376 g/mol. The summed E-state index contributed by atoms with van der Waals surface area (Å²) in [4.78, 5) is 11.1. The van der Waals surface area contributed by atoms with Gasteiger partial charge in [-0.1, -0.05) is 18.2 Å². The number of rotatable bonds is 5. The summed E-state index contributed by atoms with van der Waals surface area (Å²) >= 11 is 0. The van der Waals surface area contributed by atoms with Crippen LogP contribution < -0.4 is 4.74 Å². The van der Waals surface area contributed by atoms with Gasteiger partial charge in [-0.2, -0.15) is 26.3 Å². The third-order valence-corrected chi connectivity index (χ3v) is 3.64. The quantitative estimate of drug-likeness (QED) is 0.425. The molecule has 0 heterocycles. The molecule has 0 aliphatic rings. The molecule has 0 aliphatic carbocycles. The van der Waals surface area contributed by atoms with Crippen molar-refractivity contribution in [1.82, 2.24) is 0 Å². The minimum absolute atomic E-state index is 0.328. The van der Waals surface area contributed by atoms with Crippen LogP contribution in [0, 0.1) is 0 Å². The fraction of sp³-hybridized carbons (Fsp3) is 0.533. The Morgan fingerprint density at radius 2 is 1.48 bits per heavy atom. The number of carbonyl (C=O) groups excluding carboxylic acids is 1. The molecule has 0 bridgehead atoms. The van der Waals surface area contributed by atoms with Crippen LogP contribution in [-0.4, -0.2) is 31.1 Å². The number of alkyl halides is 7. The van der Waals surface area contributed by atoms with Gasteiger partial charge in [0.05, 0.1) is 5.60 Å². The first-order valence-electron chi connectivity index (χ1n) is 6.83. The summed E-state index contributed by atoms with van der Waals surface area (Å²) in [5.74, 6) is -1.19. The van der Waals surface area contributed by atoms with Gasteiger partial charge in [0.25, 0.3) is 0 Å². The van der Waals surface area contributed by atoms with Gasteiger partial charge in [-0.3, -0.25) is 4.79 Å². The molecule has 0 spiro atoms. The first-order valence-corrected chi connectivity index (χ1v) is 6.83. The summed E-state index contributed by atoms with van der Waals surface area (Å²) in [5, 5.41) is 0. The van der Waals surface area contributed by atoms with Gasteiger partial charge in [0, 0.05) is 26.0 Å². The summed E-state index contributed by atoms with van der Waals surface area (Å²) in [5.41, 5.74) is -8.23. The first kappa shape index (κ1) is 21.2. The normalized spacial score (nSPS) is 15.6. The van der Waals surface area contributed by atoms with Crippen LogP contribution in [-0.2, 0) is 15.1 Å². The number of para-hydroxylation sites is 1. The molecule has 0 aliphatic heterocycles. The number of ether oxygens (including phenoxy) is 2. The third kappa shape index (κ3) is 4.23. The zero-order valence-corrected chi connectivity index (χ0v) is 13.4. The van der Waals surface area contributed by atoms with Crippen LogP contribution in [0.2, 0.25) is 0 Å². The zero-order valence-electron chi connectivity index (χ0n) is 13.4. The van der Waals surface area contributed by atoms with E-state index in [1.54, 1.807) is 0 Å². The maximum atomic E-state index is 14.1. The standard InChI is InChI=1S/C15H15F7O3/c1-9(23)25-11-7-5-4-6-10(11)12(2,24-3)8-13(16,14(17,18)19)15(20,21)22/h4-7H,8H2,1-3H3. The highest BCUT2D eigenvalue weighted by molar-refractivity contribution is 5.70. The molecule has 1 aromatic carbocycles. The predicted molar refractivity (Wildman–Crippen MR) is 72.7 cm³/mol. The van der Waals surface area contributed by atoms with Gasteiger partial charge in [0.2, 0.25) is 0 Å². The zero-order chi connectivity index (χ0) is 19.7. The summed E-state index contributed by atoms with van der Waals surface area (Å²) in [6.07, 6.45) is -14.6. The average molecular weight is 376 g/mol. The Kier molecular flexibility index (Phi) is 5.78. The SMILES string of the molecule is COC(C)(CC(F)(C(F)(F)F)C(F)(F)F)c1ccccc1OC(C)=O. The molecule has 1 aromatic rings. The fourth-order valence-corrected chi connectivity index (χ4v) is 2.25. The van der Waals surface area contributed by atoms with E-state index < -0.39 is 36.0 Å². The van der Waals surface area contributed by atoms with Gasteiger partial charge < -0.3 is 9.47 Å². The van der Waals surface area contributed by atoms with Crippen LogP contribution in [0.4, 0.5) is 30.7 Å². The Hall–Kier alpha value is -1.84. The summed E-state index contributed by atoms with van der Waals surface area (Å²) < 4.78 is 101. The molecule has 25 heavy (non-hydrogen) atoms. The molecule has 1 atom stereocenters. The van der Waals surface area contributed by atoms with E-state index in [2.05, 4.69) is 0 Å². The molecule has 10 heteroatoms. The van der Waals surface area contributed by atoms with Crippen molar-refractivity contribution in [2.45, 2.75) is 43.9 Å². The molecule has 0 saturated heterocycles. The van der Waals surface area contributed by atoms with Crippen LogP contribution in [0.3, 0.4) is 0 Å². The van der Waals surface area contributed by atoms with E-state index in [0.29, 0.717) is 0 Å². The Morgan fingerprint density at radius 1 is 1.00 bits per heavy atom. The van der Waals surface area contributed by atoms with Gasteiger partial charge in [0.1, 0.15) is 5.75 Å². The van der Waals surface area contributed by atoms with Gasteiger partial charge in [-0.25, -0.2) is 4.39 Å². The molecule has 0 N–H and O–H groups in total. The fourth-order valence-electron chi connectivity index (χ4n) is 2.25. The molecule has 0 fully saturated rings. The summed E-state index contributed by atoms with van der Waals surface area (Å²) in [6.45, 7) is 1.84. The Bertz CT molecular complexity index is 610. The number of benzene rings is 1. The second-order valence-corrected chi connectivity index (χ2v) is 5.50. The topological polar surface area (TPSA) is 35.5 Å². The lowest BCUT2D eigenvalue weighted by Gasteiger charge is -2.38. The number of halogens is 7. The second kappa shape index (κ2) is 6.81. The smallest absolute Gasteiger partial charge is 0.426 e. The lowest BCUT2D eigenvalue weighted by Crippen LogP contribution is -2.56. The van der Waals surface area contributed by atoms with Crippen molar-refractivity contribution < 1.29 is 45.0 Å². The lowest BCUT2D eigenvalue weighted by molar-refractivity contribution is -0.353. The highest BCUT2D eigenvalue weighted by atomic mass is 19.4. The van der Waals surface area contributed by atoms with Crippen LogP contribution in [0.25, 0.3) is 0 Å². The van der Waals surface area contributed by atoms with Crippen LogP contribution in [0.5, 0.6) is 5.75 Å². The van der Waals surface area contributed by atoms with Gasteiger partial charge in [0.15, 0.2) is 0 Å². The summed E-state index contributed by atoms with van der Waals surface area (Å²) in [6, 6.07) is 4.86. The van der Waals surface area contributed by atoms with Crippen molar-refractivity contribution in [3.05, 3.63) is 29.8 Å². The van der Waals surface area contributed by atoms with E-state index in [1.165, 1.54) is 12.1 Å². The van der Waals surface area contributed by atoms with Crippen molar-refractivity contribution in [2.24, 2.45) is 0 Å². The average Bonchev–Trinajstić information content (AvgIpc) is 2.44. The van der Waals surface area contributed by atoms with Crippen molar-refractivity contribution in [3.63, 3.8) is 0 Å². The number of hydrogen-bond acceptors (Lipinski definition) is 3. The van der Waals surface area contributed by atoms with Crippen LogP contribution >= 0.6 is 0 Å². The van der Waals surface area contributed by atoms with E-state index in [4.69, 9.17) is 9.47 Å². The predicted octanol–water partition coefficient (Wildman–Crippen LogP) is 4.70. The third-order valence-electron chi connectivity index (χ3n) is 3.64. The van der Waals surface area contributed by atoms with Crippen molar-refractivity contribution in [1.29, 1.82) is 0 Å². The minimum Gasteiger partial charge on any atom is -0.426 e. The molecule has 0 saturated carbocycles. The van der Waals surface area contributed by atoms with Crippen molar-refractivity contribution in [2.75, 3.05) is 7.11 Å². The van der Waals surface area contributed by atoms with Gasteiger partial charge >= 0.3 is 24.0 Å². The number of esters is 1. The van der Waals surface area contributed by atoms with Gasteiger partial charge in [-0.15, -0.1) is 0 Å². The first-order chi connectivity index (χ1) is 11.2.